The number of hydrogen-bond acceptors (Lipinski definition) is 5. The number of halogens is 1. The molecule has 1 N–H and O–H groups in total. The van der Waals surface area contributed by atoms with Gasteiger partial charge in [-0.25, -0.2) is 12.7 Å². The normalized spacial score (nSPS) is 13.5. The van der Waals surface area contributed by atoms with Gasteiger partial charge in [0.25, 0.3) is 5.91 Å². The van der Waals surface area contributed by atoms with Crippen molar-refractivity contribution in [2.45, 2.75) is 11.4 Å². The van der Waals surface area contributed by atoms with E-state index in [2.05, 4.69) is 5.32 Å². The molecule has 3 rings (SSSR count). The van der Waals surface area contributed by atoms with Crippen LogP contribution in [0.25, 0.3) is 0 Å². The number of carbonyl (C=O) groups is 1. The fraction of sp³-hybridized carbons (Fsp3) is 0.278. The lowest BCUT2D eigenvalue weighted by atomic mass is 10.1. The second-order valence-corrected chi connectivity index (χ2v) is 8.65. The van der Waals surface area contributed by atoms with E-state index in [-0.39, 0.29) is 22.0 Å². The van der Waals surface area contributed by atoms with Crippen molar-refractivity contribution < 1.29 is 22.7 Å². The molecular weight excluding hydrogens is 392 g/mol. The van der Waals surface area contributed by atoms with Crippen LogP contribution in [0.3, 0.4) is 0 Å². The molecule has 0 fully saturated rings. The molecule has 9 heteroatoms. The van der Waals surface area contributed by atoms with E-state index in [0.717, 1.165) is 9.87 Å². The minimum atomic E-state index is -3.66. The van der Waals surface area contributed by atoms with E-state index in [4.69, 9.17) is 21.1 Å². The molecule has 0 atom stereocenters. The van der Waals surface area contributed by atoms with Crippen molar-refractivity contribution in [3.05, 3.63) is 52.5 Å². The minimum Gasteiger partial charge on any atom is -0.486 e. The van der Waals surface area contributed by atoms with E-state index >= 15 is 0 Å². The third-order valence-corrected chi connectivity index (χ3v) is 6.16. The minimum absolute atomic E-state index is 0.00128. The van der Waals surface area contributed by atoms with Crippen molar-refractivity contribution in [3.8, 4) is 11.5 Å². The van der Waals surface area contributed by atoms with Gasteiger partial charge in [-0.15, -0.1) is 0 Å². The van der Waals surface area contributed by atoms with Crippen LogP contribution in [0, 0.1) is 0 Å². The van der Waals surface area contributed by atoms with Gasteiger partial charge in [-0.2, -0.15) is 0 Å². The maximum absolute atomic E-state index is 12.5. The van der Waals surface area contributed by atoms with E-state index in [9.17, 15) is 13.2 Å². The maximum Gasteiger partial charge on any atom is 0.253 e. The highest BCUT2D eigenvalue weighted by atomic mass is 35.5. The molecule has 27 heavy (non-hydrogen) atoms. The third-order valence-electron chi connectivity index (χ3n) is 4.02. The quantitative estimate of drug-likeness (QED) is 0.817. The summed E-state index contributed by atoms with van der Waals surface area (Å²) in [6.07, 6.45) is 0. The van der Waals surface area contributed by atoms with E-state index < -0.39 is 15.9 Å². The summed E-state index contributed by atoms with van der Waals surface area (Å²) in [6.45, 7) is 1.22. The molecule has 0 aliphatic carbocycles. The van der Waals surface area contributed by atoms with Crippen molar-refractivity contribution >= 4 is 27.5 Å². The van der Waals surface area contributed by atoms with Crippen LogP contribution in [-0.2, 0) is 16.6 Å². The number of carbonyl (C=O) groups excluding carboxylic acids is 1. The fourth-order valence-electron chi connectivity index (χ4n) is 2.52. The van der Waals surface area contributed by atoms with Gasteiger partial charge < -0.3 is 14.8 Å². The highest BCUT2D eigenvalue weighted by molar-refractivity contribution is 7.89. The van der Waals surface area contributed by atoms with Gasteiger partial charge in [-0.05, 0) is 35.9 Å². The Kier molecular flexibility index (Phi) is 5.59. The lowest BCUT2D eigenvalue weighted by molar-refractivity contribution is 0.0950. The predicted molar refractivity (Wildman–Crippen MR) is 101 cm³/mol. The summed E-state index contributed by atoms with van der Waals surface area (Å²) in [5.74, 6) is 0.830. The molecule has 0 radical (unpaired) electrons. The van der Waals surface area contributed by atoms with Crippen LogP contribution in [0.5, 0.6) is 11.5 Å². The molecule has 0 saturated heterocycles. The Morgan fingerprint density at radius 3 is 2.52 bits per heavy atom. The van der Waals surface area contributed by atoms with Gasteiger partial charge in [0.05, 0.1) is 15.5 Å². The molecule has 1 heterocycles. The van der Waals surface area contributed by atoms with Crippen molar-refractivity contribution in [1.29, 1.82) is 0 Å². The monoisotopic (exact) mass is 410 g/mol. The summed E-state index contributed by atoms with van der Waals surface area (Å²) in [7, 11) is -0.818. The number of sulfonamides is 1. The van der Waals surface area contributed by atoms with Crippen molar-refractivity contribution in [1.82, 2.24) is 9.62 Å². The Bertz CT molecular complexity index is 976. The van der Waals surface area contributed by atoms with Gasteiger partial charge in [-0.1, -0.05) is 17.7 Å². The average molecular weight is 411 g/mol. The smallest absolute Gasteiger partial charge is 0.253 e. The Hall–Kier alpha value is -2.29. The zero-order chi connectivity index (χ0) is 19.6. The van der Waals surface area contributed by atoms with Gasteiger partial charge in [0.1, 0.15) is 13.2 Å². The number of amides is 1. The van der Waals surface area contributed by atoms with Crippen molar-refractivity contribution in [3.63, 3.8) is 0 Å². The van der Waals surface area contributed by atoms with Gasteiger partial charge in [0, 0.05) is 20.6 Å². The molecule has 1 aliphatic heterocycles. The summed E-state index contributed by atoms with van der Waals surface area (Å²) < 4.78 is 36.6. The van der Waals surface area contributed by atoms with E-state index in [1.807, 2.05) is 6.07 Å². The molecule has 0 saturated carbocycles. The molecule has 144 valence electrons. The van der Waals surface area contributed by atoms with Crippen LogP contribution in [0.15, 0.2) is 41.3 Å². The summed E-state index contributed by atoms with van der Waals surface area (Å²) in [6, 6.07) is 9.45. The lowest BCUT2D eigenvalue weighted by Gasteiger charge is -2.19. The molecule has 0 bridgehead atoms. The van der Waals surface area contributed by atoms with Crippen molar-refractivity contribution in [2.75, 3.05) is 27.3 Å². The predicted octanol–water partition coefficient (Wildman–Crippen LogP) is 2.29. The van der Waals surface area contributed by atoms with Crippen LogP contribution >= 0.6 is 11.6 Å². The number of hydrogen-bond donors (Lipinski definition) is 1. The third kappa shape index (κ3) is 4.18. The van der Waals surface area contributed by atoms with E-state index in [1.54, 1.807) is 12.1 Å². The van der Waals surface area contributed by atoms with Gasteiger partial charge in [0.15, 0.2) is 11.5 Å². The van der Waals surface area contributed by atoms with Crippen LogP contribution < -0.4 is 14.8 Å². The van der Waals surface area contributed by atoms with Crippen LogP contribution in [0.4, 0.5) is 0 Å². The second-order valence-electron chi connectivity index (χ2n) is 6.09. The molecular formula is C18H19ClN2O5S. The molecule has 0 spiro atoms. The fourth-order valence-corrected chi connectivity index (χ4v) is 3.66. The SMILES string of the molecule is CN(C)S(=O)(=O)c1ccc(Cl)c(C(=O)NCc2ccc3c(c2)OCCO3)c1. The zero-order valence-electron chi connectivity index (χ0n) is 14.9. The zero-order valence-corrected chi connectivity index (χ0v) is 16.4. The van der Waals surface area contributed by atoms with E-state index in [1.165, 1.54) is 32.3 Å². The first kappa shape index (κ1) is 19.5. The Morgan fingerprint density at radius 2 is 1.81 bits per heavy atom. The molecule has 0 unspecified atom stereocenters. The molecule has 7 nitrogen and oxygen atoms in total. The van der Waals surface area contributed by atoms with Gasteiger partial charge >= 0.3 is 0 Å². The topological polar surface area (TPSA) is 84.9 Å². The van der Waals surface area contributed by atoms with Crippen LogP contribution in [-0.4, -0.2) is 45.9 Å². The summed E-state index contributed by atoms with van der Waals surface area (Å²) in [5, 5.41) is 2.92. The molecule has 1 amide bonds. The van der Waals surface area contributed by atoms with Crippen LogP contribution in [0.2, 0.25) is 5.02 Å². The van der Waals surface area contributed by atoms with Crippen molar-refractivity contribution in [2.24, 2.45) is 0 Å². The second kappa shape index (κ2) is 7.75. The highest BCUT2D eigenvalue weighted by Gasteiger charge is 2.21. The maximum atomic E-state index is 12.5. The number of nitrogens with zero attached hydrogens (tertiary/aromatic N) is 1. The molecule has 0 aromatic heterocycles. The molecule has 2 aromatic carbocycles. The highest BCUT2D eigenvalue weighted by Crippen LogP contribution is 2.30. The van der Waals surface area contributed by atoms with E-state index in [0.29, 0.717) is 24.7 Å². The number of benzene rings is 2. The van der Waals surface area contributed by atoms with Crippen LogP contribution in [0.1, 0.15) is 15.9 Å². The lowest BCUT2D eigenvalue weighted by Crippen LogP contribution is -2.25. The summed E-state index contributed by atoms with van der Waals surface area (Å²) in [5.41, 5.74) is 0.915. The molecule has 1 aliphatic rings. The Morgan fingerprint density at radius 1 is 1.11 bits per heavy atom. The number of nitrogens with one attached hydrogen (secondary N) is 1. The van der Waals surface area contributed by atoms with Gasteiger partial charge in [0.2, 0.25) is 10.0 Å². The summed E-state index contributed by atoms with van der Waals surface area (Å²) in [4.78, 5) is 12.5. The first-order valence-electron chi connectivity index (χ1n) is 8.18. The Labute approximate surface area is 162 Å². The first-order valence-corrected chi connectivity index (χ1v) is 9.99. The standard InChI is InChI=1S/C18H19ClN2O5S/c1-21(2)27(23,24)13-4-5-15(19)14(10-13)18(22)20-11-12-3-6-16-17(9-12)26-8-7-25-16/h3-6,9-10H,7-8,11H2,1-2H3,(H,20,22). The number of ether oxygens (including phenoxy) is 2. The first-order chi connectivity index (χ1) is 12.8. The largest absolute Gasteiger partial charge is 0.486 e. The Balaban J connectivity index is 1.76. The molecule has 2 aromatic rings. The number of fused-ring (bicyclic) bond motifs is 1. The van der Waals surface area contributed by atoms with Gasteiger partial charge in [-0.3, -0.25) is 4.79 Å². The number of rotatable bonds is 5. The summed E-state index contributed by atoms with van der Waals surface area (Å²) >= 11 is 6.09. The average Bonchev–Trinajstić information content (AvgIpc) is 2.66.